The highest BCUT2D eigenvalue weighted by molar-refractivity contribution is 14.1. The van der Waals surface area contributed by atoms with Crippen LogP contribution in [-0.4, -0.2) is 28.6 Å². The number of hydrogen-bond donors (Lipinski definition) is 1. The fraction of sp³-hybridized carbons (Fsp3) is 0. The van der Waals surface area contributed by atoms with Gasteiger partial charge in [0.1, 0.15) is 22.2 Å². The fourth-order valence-electron chi connectivity index (χ4n) is 3.67. The normalized spacial score (nSPS) is 11.4. The van der Waals surface area contributed by atoms with Crippen LogP contribution < -0.4 is 7.79 Å². The monoisotopic (exact) mass is 617 g/mol. The molecule has 36 heavy (non-hydrogen) atoms. The molecule has 12 heteroatoms. The summed E-state index contributed by atoms with van der Waals surface area (Å²) in [4.78, 5) is 7.91. The van der Waals surface area contributed by atoms with Gasteiger partial charge >= 0.3 is 0 Å². The van der Waals surface area contributed by atoms with Crippen molar-refractivity contribution in [1.29, 1.82) is 0 Å². The molecule has 3 aromatic heterocycles. The minimum atomic E-state index is -4.41. The lowest BCUT2D eigenvalue weighted by atomic mass is 9.99. The second-order valence-corrected chi connectivity index (χ2v) is 9.65. The lowest BCUT2D eigenvalue weighted by Gasteiger charge is -2.13. The van der Waals surface area contributed by atoms with Crippen LogP contribution in [0.2, 0.25) is 0 Å². The summed E-state index contributed by atoms with van der Waals surface area (Å²) in [5, 5.41) is 8.60. The molecule has 0 aliphatic carbocycles. The van der Waals surface area contributed by atoms with E-state index in [1.54, 1.807) is 41.6 Å². The number of aromatic nitrogens is 4. The van der Waals surface area contributed by atoms with E-state index in [4.69, 9.17) is 3.07 Å². The summed E-state index contributed by atoms with van der Waals surface area (Å²) in [6.45, 7) is 0. The quantitative estimate of drug-likeness (QED) is 0.249. The van der Waals surface area contributed by atoms with Gasteiger partial charge in [-0.15, -0.1) is 0 Å². The van der Waals surface area contributed by atoms with E-state index in [9.17, 15) is 17.2 Å². The average Bonchev–Trinajstić information content (AvgIpc) is 2.88. The van der Waals surface area contributed by atoms with E-state index in [-0.39, 0.29) is 11.6 Å². The predicted octanol–water partition coefficient (Wildman–Crippen LogP) is 5.56. The average molecular weight is 617 g/mol. The molecule has 0 aliphatic heterocycles. The van der Waals surface area contributed by atoms with Crippen molar-refractivity contribution in [3.05, 3.63) is 91.0 Å². The van der Waals surface area contributed by atoms with Crippen molar-refractivity contribution in [1.82, 2.24) is 20.2 Å². The number of fused-ring (bicyclic) bond motifs is 1. The summed E-state index contributed by atoms with van der Waals surface area (Å²) in [6.07, 6.45) is 6.47. The van der Waals surface area contributed by atoms with Gasteiger partial charge in [0.25, 0.3) is 10.0 Å². The molecule has 0 amide bonds. The summed E-state index contributed by atoms with van der Waals surface area (Å²) in [5.41, 5.74) is 3.77. The van der Waals surface area contributed by atoms with Crippen molar-refractivity contribution in [3.8, 4) is 28.1 Å². The van der Waals surface area contributed by atoms with Crippen molar-refractivity contribution < 1.29 is 20.3 Å². The Bertz CT molecular complexity index is 1710. The van der Waals surface area contributed by atoms with Gasteiger partial charge < -0.3 is 3.07 Å². The number of pyridine rings is 2. The van der Waals surface area contributed by atoms with Crippen LogP contribution in [0.3, 0.4) is 0 Å². The molecule has 0 aliphatic rings. The number of nitrogens with one attached hydrogen (secondary N) is 1. The first-order valence-corrected chi connectivity index (χ1v) is 12.6. The third kappa shape index (κ3) is 4.68. The smallest absolute Gasteiger partial charge is 0.264 e. The number of halogens is 3. The van der Waals surface area contributed by atoms with E-state index in [0.717, 1.165) is 39.7 Å². The SMILES string of the molecule is O=S(=O)(Nc1cc(-c2ccc3nccc(-c4ccnnc4)c3c2)cnc1OI)c1ccc(F)cc1F. The molecule has 3 heterocycles. The minimum Gasteiger partial charge on any atom is -0.406 e. The Hall–Kier alpha value is -3.78. The molecule has 8 nitrogen and oxygen atoms in total. The molecular formula is C24H14F2IN5O3S. The van der Waals surface area contributed by atoms with E-state index < -0.39 is 26.6 Å². The molecule has 1 N–H and O–H groups in total. The van der Waals surface area contributed by atoms with E-state index in [1.165, 1.54) is 12.3 Å². The number of nitrogens with zero attached hydrogens (tertiary/aromatic N) is 4. The van der Waals surface area contributed by atoms with Crippen LogP contribution in [0.4, 0.5) is 14.5 Å². The molecule has 0 radical (unpaired) electrons. The lowest BCUT2D eigenvalue weighted by molar-refractivity contribution is 0.551. The van der Waals surface area contributed by atoms with Crippen molar-refractivity contribution in [3.63, 3.8) is 0 Å². The van der Waals surface area contributed by atoms with Crippen LogP contribution in [-0.2, 0) is 10.0 Å². The van der Waals surface area contributed by atoms with Crippen LogP contribution in [0, 0.1) is 11.6 Å². The Labute approximate surface area is 218 Å². The maximum Gasteiger partial charge on any atom is 0.264 e. The van der Waals surface area contributed by atoms with Crippen LogP contribution in [0.5, 0.6) is 5.88 Å². The minimum absolute atomic E-state index is 0.0181. The molecule has 0 saturated heterocycles. The second kappa shape index (κ2) is 9.70. The topological polar surface area (TPSA) is 107 Å². The van der Waals surface area contributed by atoms with Crippen LogP contribution >= 0.6 is 23.0 Å². The van der Waals surface area contributed by atoms with Gasteiger partial charge in [-0.05, 0) is 53.6 Å². The van der Waals surface area contributed by atoms with Gasteiger partial charge in [-0.25, -0.2) is 22.2 Å². The maximum absolute atomic E-state index is 14.2. The Morgan fingerprint density at radius 2 is 1.69 bits per heavy atom. The number of sulfonamides is 1. The molecule has 180 valence electrons. The van der Waals surface area contributed by atoms with Crippen molar-refractivity contribution in [2.24, 2.45) is 0 Å². The van der Waals surface area contributed by atoms with Crippen LogP contribution in [0.15, 0.2) is 84.3 Å². The summed E-state index contributed by atoms with van der Waals surface area (Å²) < 4.78 is 60.6. The van der Waals surface area contributed by atoms with Crippen LogP contribution in [0.1, 0.15) is 0 Å². The number of anilines is 1. The number of hydrogen-bond acceptors (Lipinski definition) is 7. The summed E-state index contributed by atoms with van der Waals surface area (Å²) >= 11 is 1.56. The highest BCUT2D eigenvalue weighted by atomic mass is 127. The zero-order valence-electron chi connectivity index (χ0n) is 18.1. The number of rotatable bonds is 6. The van der Waals surface area contributed by atoms with Gasteiger partial charge in [0.05, 0.1) is 17.9 Å². The second-order valence-electron chi connectivity index (χ2n) is 7.56. The molecule has 2 aromatic carbocycles. The first-order chi connectivity index (χ1) is 17.4. The molecular weight excluding hydrogens is 603 g/mol. The van der Waals surface area contributed by atoms with Gasteiger partial charge in [0.15, 0.2) is 23.0 Å². The third-order valence-corrected chi connectivity index (χ3v) is 7.14. The van der Waals surface area contributed by atoms with Gasteiger partial charge in [0.2, 0.25) is 5.88 Å². The largest absolute Gasteiger partial charge is 0.406 e. The van der Waals surface area contributed by atoms with Gasteiger partial charge in [0, 0.05) is 35.0 Å². The standard InChI is InChI=1S/C24H14F2IN5O3S/c25-17-2-4-23(20(26)11-17)36(33,34)32-22-10-16(12-29-24(22)35-27)14-1-3-21-19(9-14)18(6-7-28-21)15-5-8-30-31-13-15/h1-13,32H. The Morgan fingerprint density at radius 3 is 2.44 bits per heavy atom. The highest BCUT2D eigenvalue weighted by Crippen LogP contribution is 2.34. The first-order valence-electron chi connectivity index (χ1n) is 10.3. The summed E-state index contributed by atoms with van der Waals surface area (Å²) in [5.74, 6) is -2.14. The summed E-state index contributed by atoms with van der Waals surface area (Å²) in [7, 11) is -4.41. The molecule has 0 unspecified atom stereocenters. The van der Waals surface area contributed by atoms with Gasteiger partial charge in [-0.3, -0.25) is 9.71 Å². The van der Waals surface area contributed by atoms with E-state index in [1.807, 2.05) is 30.3 Å². The van der Waals surface area contributed by atoms with E-state index in [0.29, 0.717) is 11.6 Å². The molecule has 0 atom stereocenters. The zero-order chi connectivity index (χ0) is 25.3. The predicted molar refractivity (Wildman–Crippen MR) is 138 cm³/mol. The Kier molecular flexibility index (Phi) is 6.45. The Balaban J connectivity index is 1.58. The molecule has 5 rings (SSSR count). The lowest BCUT2D eigenvalue weighted by Crippen LogP contribution is -2.15. The highest BCUT2D eigenvalue weighted by Gasteiger charge is 2.22. The van der Waals surface area contributed by atoms with Crippen molar-refractivity contribution in [2.75, 3.05) is 4.72 Å². The van der Waals surface area contributed by atoms with E-state index in [2.05, 4.69) is 24.9 Å². The molecule has 0 fully saturated rings. The Morgan fingerprint density at radius 1 is 0.833 bits per heavy atom. The molecule has 5 aromatic rings. The van der Waals surface area contributed by atoms with E-state index >= 15 is 0 Å². The fourth-order valence-corrected chi connectivity index (χ4v) is 5.12. The first kappa shape index (κ1) is 23.9. The molecule has 0 spiro atoms. The maximum atomic E-state index is 14.2. The van der Waals surface area contributed by atoms with Crippen LogP contribution in [0.25, 0.3) is 33.2 Å². The van der Waals surface area contributed by atoms with Crippen molar-refractivity contribution >= 4 is 49.6 Å². The number of benzene rings is 2. The molecule has 0 bridgehead atoms. The van der Waals surface area contributed by atoms with Gasteiger partial charge in [-0.1, -0.05) is 6.07 Å². The van der Waals surface area contributed by atoms with Crippen molar-refractivity contribution in [2.45, 2.75) is 4.90 Å². The molecule has 0 saturated carbocycles. The van der Waals surface area contributed by atoms with Gasteiger partial charge in [-0.2, -0.15) is 10.2 Å². The summed E-state index contributed by atoms with van der Waals surface area (Å²) in [6, 6.07) is 13.0. The third-order valence-electron chi connectivity index (χ3n) is 5.32. The zero-order valence-corrected chi connectivity index (χ0v) is 21.0.